The van der Waals surface area contributed by atoms with Crippen LogP contribution in [0.2, 0.25) is 0 Å². The molecule has 8 heteroatoms. The second kappa shape index (κ2) is 6.61. The van der Waals surface area contributed by atoms with E-state index in [0.29, 0.717) is 10.0 Å². The van der Waals surface area contributed by atoms with Crippen molar-refractivity contribution in [2.75, 3.05) is 5.73 Å². The Morgan fingerprint density at radius 2 is 1.84 bits per heavy atom. The number of nitrogen functional groups attached to an aromatic ring is 1. The topological polar surface area (TPSA) is 56.0 Å². The monoisotopic (exact) mass is 426 g/mol. The van der Waals surface area contributed by atoms with Gasteiger partial charge >= 0.3 is 6.18 Å². The van der Waals surface area contributed by atoms with Crippen molar-refractivity contribution in [2.45, 2.75) is 6.18 Å². The summed E-state index contributed by atoms with van der Waals surface area (Å²) in [5, 5.41) is 0.114. The fourth-order valence-corrected chi connectivity index (χ4v) is 3.57. The first-order valence-electron chi connectivity index (χ1n) is 7.00. The molecule has 1 heterocycles. The van der Waals surface area contributed by atoms with Gasteiger partial charge in [-0.2, -0.15) is 13.2 Å². The number of benzene rings is 2. The van der Waals surface area contributed by atoms with Crippen molar-refractivity contribution in [1.29, 1.82) is 0 Å². The smallest absolute Gasteiger partial charge is 0.375 e. The van der Waals surface area contributed by atoms with E-state index in [4.69, 9.17) is 5.73 Å². The predicted molar refractivity (Wildman–Crippen MR) is 94.5 cm³/mol. The minimum absolute atomic E-state index is 0.114. The second-order valence-corrected chi connectivity index (χ2v) is 7.00. The van der Waals surface area contributed by atoms with Crippen molar-refractivity contribution in [3.05, 3.63) is 69.0 Å². The summed E-state index contributed by atoms with van der Waals surface area (Å²) in [5.41, 5.74) is 5.64. The van der Waals surface area contributed by atoms with E-state index in [1.807, 2.05) is 0 Å². The largest absolute Gasteiger partial charge is 0.416 e. The number of nitrogens with zero attached hydrogens (tertiary/aromatic N) is 1. The zero-order valence-electron chi connectivity index (χ0n) is 12.5. The van der Waals surface area contributed by atoms with Crippen LogP contribution >= 0.6 is 27.3 Å². The van der Waals surface area contributed by atoms with Crippen LogP contribution in [0.15, 0.2) is 53.0 Å². The molecule has 0 amide bonds. The maximum Gasteiger partial charge on any atom is 0.416 e. The lowest BCUT2D eigenvalue weighted by molar-refractivity contribution is -0.137. The van der Waals surface area contributed by atoms with Gasteiger partial charge in [-0.1, -0.05) is 51.5 Å². The number of ketones is 1. The van der Waals surface area contributed by atoms with E-state index in [1.165, 1.54) is 12.1 Å². The Morgan fingerprint density at radius 3 is 2.52 bits per heavy atom. The lowest BCUT2D eigenvalue weighted by Gasteiger charge is -2.09. The lowest BCUT2D eigenvalue weighted by atomic mass is 10.0. The summed E-state index contributed by atoms with van der Waals surface area (Å²) >= 11 is 4.25. The molecular formula is C17H10BrF3N2OS. The highest BCUT2D eigenvalue weighted by Crippen LogP contribution is 2.36. The number of rotatable bonds is 3. The highest BCUT2D eigenvalue weighted by molar-refractivity contribution is 9.10. The maximum absolute atomic E-state index is 13.0. The zero-order chi connectivity index (χ0) is 18.2. The zero-order valence-corrected chi connectivity index (χ0v) is 14.9. The number of halogens is 4. The summed E-state index contributed by atoms with van der Waals surface area (Å²) in [5.74, 6) is -0.353. The van der Waals surface area contributed by atoms with E-state index in [0.717, 1.165) is 23.5 Å². The fraction of sp³-hybridized carbons (Fsp3) is 0.0588. The van der Waals surface area contributed by atoms with Crippen LogP contribution in [0.1, 0.15) is 20.8 Å². The molecule has 25 heavy (non-hydrogen) atoms. The molecule has 0 spiro atoms. The molecule has 0 aliphatic heterocycles. The molecule has 0 fully saturated rings. The molecule has 3 rings (SSSR count). The molecule has 3 aromatic rings. The van der Waals surface area contributed by atoms with Gasteiger partial charge in [0.05, 0.1) is 11.3 Å². The van der Waals surface area contributed by atoms with Crippen molar-refractivity contribution in [2.24, 2.45) is 0 Å². The SMILES string of the molecule is Nc1nc(-c2cccc(C(F)(F)F)c2)c(C(=O)c2ccccc2Br)s1. The van der Waals surface area contributed by atoms with Gasteiger partial charge in [-0.25, -0.2) is 4.98 Å². The van der Waals surface area contributed by atoms with Crippen molar-refractivity contribution >= 4 is 38.2 Å². The number of thiazole rings is 1. The lowest BCUT2D eigenvalue weighted by Crippen LogP contribution is -2.05. The first-order valence-corrected chi connectivity index (χ1v) is 8.61. The van der Waals surface area contributed by atoms with E-state index >= 15 is 0 Å². The first-order chi connectivity index (χ1) is 11.8. The Kier molecular flexibility index (Phi) is 4.66. The number of alkyl halides is 3. The van der Waals surface area contributed by atoms with Gasteiger partial charge in [0.15, 0.2) is 5.13 Å². The third kappa shape index (κ3) is 3.59. The van der Waals surface area contributed by atoms with Gasteiger partial charge in [-0.15, -0.1) is 0 Å². The number of carbonyl (C=O) groups excluding carboxylic acids is 1. The van der Waals surface area contributed by atoms with Crippen LogP contribution in [0.4, 0.5) is 18.3 Å². The van der Waals surface area contributed by atoms with Crippen LogP contribution in [0.25, 0.3) is 11.3 Å². The minimum Gasteiger partial charge on any atom is -0.375 e. The molecule has 0 aliphatic rings. The second-order valence-electron chi connectivity index (χ2n) is 5.12. The van der Waals surface area contributed by atoms with Crippen LogP contribution in [-0.4, -0.2) is 10.8 Å². The summed E-state index contributed by atoms with van der Waals surface area (Å²) < 4.78 is 39.4. The van der Waals surface area contributed by atoms with E-state index in [2.05, 4.69) is 20.9 Å². The van der Waals surface area contributed by atoms with Gasteiger partial charge in [-0.05, 0) is 24.3 Å². The molecule has 1 aromatic heterocycles. The average molecular weight is 427 g/mol. The molecule has 2 N–H and O–H groups in total. The Balaban J connectivity index is 2.12. The third-order valence-electron chi connectivity index (χ3n) is 3.43. The molecule has 0 unspecified atom stereocenters. The Labute approximate surface area is 153 Å². The molecule has 2 aromatic carbocycles. The normalized spacial score (nSPS) is 11.5. The number of hydrogen-bond donors (Lipinski definition) is 1. The summed E-state index contributed by atoms with van der Waals surface area (Å²) in [6.45, 7) is 0. The van der Waals surface area contributed by atoms with E-state index in [1.54, 1.807) is 24.3 Å². The number of hydrogen-bond acceptors (Lipinski definition) is 4. The molecule has 0 atom stereocenters. The molecule has 128 valence electrons. The van der Waals surface area contributed by atoms with Gasteiger partial charge in [0.25, 0.3) is 0 Å². The highest BCUT2D eigenvalue weighted by Gasteiger charge is 2.31. The average Bonchev–Trinajstić information content (AvgIpc) is 2.96. The van der Waals surface area contributed by atoms with E-state index in [9.17, 15) is 18.0 Å². The van der Waals surface area contributed by atoms with Crippen LogP contribution < -0.4 is 5.73 Å². The summed E-state index contributed by atoms with van der Waals surface area (Å²) in [6, 6.07) is 11.5. The van der Waals surface area contributed by atoms with Crippen LogP contribution in [0.5, 0.6) is 0 Å². The van der Waals surface area contributed by atoms with Crippen LogP contribution in [-0.2, 0) is 6.18 Å². The first kappa shape index (κ1) is 17.6. The molecule has 0 aliphatic carbocycles. The standard InChI is InChI=1S/C17H10BrF3N2OS/c18-12-7-2-1-6-11(12)14(24)15-13(23-16(22)25-15)9-4-3-5-10(8-9)17(19,20)21/h1-8H,(H2,22,23). The molecule has 0 saturated heterocycles. The number of nitrogens with two attached hydrogens (primary N) is 1. The van der Waals surface area contributed by atoms with Crippen LogP contribution in [0.3, 0.4) is 0 Å². The van der Waals surface area contributed by atoms with Crippen molar-refractivity contribution in [3.8, 4) is 11.3 Å². The molecule has 0 bridgehead atoms. The summed E-state index contributed by atoms with van der Waals surface area (Å²) in [4.78, 5) is 17.1. The Morgan fingerprint density at radius 1 is 1.12 bits per heavy atom. The van der Waals surface area contributed by atoms with Crippen LogP contribution in [0, 0.1) is 0 Å². The van der Waals surface area contributed by atoms with Gasteiger partial charge in [0, 0.05) is 15.6 Å². The summed E-state index contributed by atoms with van der Waals surface area (Å²) in [7, 11) is 0. The highest BCUT2D eigenvalue weighted by atomic mass is 79.9. The van der Waals surface area contributed by atoms with Gasteiger partial charge < -0.3 is 5.73 Å². The van der Waals surface area contributed by atoms with E-state index < -0.39 is 11.7 Å². The van der Waals surface area contributed by atoms with Gasteiger partial charge in [0.2, 0.25) is 5.78 Å². The van der Waals surface area contributed by atoms with Crippen molar-refractivity contribution < 1.29 is 18.0 Å². The Bertz CT molecular complexity index is 953. The van der Waals surface area contributed by atoms with E-state index in [-0.39, 0.29) is 27.0 Å². The number of anilines is 1. The third-order valence-corrected chi connectivity index (χ3v) is 5.01. The van der Waals surface area contributed by atoms with Gasteiger partial charge in [0.1, 0.15) is 4.88 Å². The fourth-order valence-electron chi connectivity index (χ4n) is 2.30. The van der Waals surface area contributed by atoms with Crippen molar-refractivity contribution in [3.63, 3.8) is 0 Å². The minimum atomic E-state index is -4.48. The molecule has 0 radical (unpaired) electrons. The van der Waals surface area contributed by atoms with Gasteiger partial charge in [-0.3, -0.25) is 4.79 Å². The predicted octanol–water partition coefficient (Wildman–Crippen LogP) is 5.40. The Hall–Kier alpha value is -2.19. The summed E-state index contributed by atoms with van der Waals surface area (Å²) in [6.07, 6.45) is -4.48. The maximum atomic E-state index is 13.0. The van der Waals surface area contributed by atoms with Crippen molar-refractivity contribution in [1.82, 2.24) is 4.98 Å². The number of aromatic nitrogens is 1. The molecular weight excluding hydrogens is 417 g/mol. The quantitative estimate of drug-likeness (QED) is 0.570. The molecule has 0 saturated carbocycles. The number of carbonyl (C=O) groups is 1. The molecule has 3 nitrogen and oxygen atoms in total.